The Labute approximate surface area is 131 Å². The Morgan fingerprint density at radius 3 is 2.95 bits per heavy atom. The molecule has 1 aliphatic rings. The zero-order valence-corrected chi connectivity index (χ0v) is 13.6. The molecule has 2 rings (SSSR count). The Kier molecular flexibility index (Phi) is 6.21. The van der Waals surface area contributed by atoms with E-state index in [0.717, 1.165) is 12.3 Å². The van der Waals surface area contributed by atoms with Gasteiger partial charge in [0.15, 0.2) is 0 Å². The van der Waals surface area contributed by atoms with Crippen molar-refractivity contribution in [3.63, 3.8) is 0 Å². The van der Waals surface area contributed by atoms with Crippen LogP contribution in [0.15, 0.2) is 24.3 Å². The van der Waals surface area contributed by atoms with E-state index in [1.165, 1.54) is 18.6 Å². The molecular weight excluding hydrogens is 286 g/mol. The number of nitrogens with one attached hydrogen (secondary N) is 1. The lowest BCUT2D eigenvalue weighted by atomic mass is 10.1. The summed E-state index contributed by atoms with van der Waals surface area (Å²) in [5.41, 5.74) is 0. The maximum atomic E-state index is 9.97. The van der Waals surface area contributed by atoms with Crippen LogP contribution in [0.3, 0.4) is 0 Å². The van der Waals surface area contributed by atoms with Crippen LogP contribution in [0.5, 0.6) is 11.5 Å². The number of hydrogen-bond acceptors (Lipinski definition) is 5. The number of aliphatic hydroxyl groups is 1. The zero-order valence-electron chi connectivity index (χ0n) is 12.8. The quantitative estimate of drug-likeness (QED) is 0.771. The molecule has 1 fully saturated rings. The van der Waals surface area contributed by atoms with Gasteiger partial charge in [0.2, 0.25) is 0 Å². The molecule has 0 bridgehead atoms. The first-order valence-electron chi connectivity index (χ1n) is 7.41. The lowest BCUT2D eigenvalue weighted by Crippen LogP contribution is -2.39. The van der Waals surface area contributed by atoms with Crippen LogP contribution in [-0.2, 0) is 0 Å². The second-order valence-corrected chi connectivity index (χ2v) is 7.36. The molecule has 0 amide bonds. The third-order valence-electron chi connectivity index (χ3n) is 3.66. The van der Waals surface area contributed by atoms with Gasteiger partial charge in [0.05, 0.1) is 7.11 Å². The predicted molar refractivity (Wildman–Crippen MR) is 87.5 cm³/mol. The summed E-state index contributed by atoms with van der Waals surface area (Å²) in [6.45, 7) is 4.06. The van der Waals surface area contributed by atoms with Crippen molar-refractivity contribution in [2.45, 2.75) is 30.6 Å². The van der Waals surface area contributed by atoms with Crippen molar-refractivity contribution in [2.75, 3.05) is 32.6 Å². The molecule has 1 aromatic carbocycles. The van der Waals surface area contributed by atoms with E-state index in [0.29, 0.717) is 17.0 Å². The summed E-state index contributed by atoms with van der Waals surface area (Å²) in [5.74, 6) is 2.72. The van der Waals surface area contributed by atoms with Gasteiger partial charge >= 0.3 is 0 Å². The minimum absolute atomic E-state index is 0.282. The maximum Gasteiger partial charge on any atom is 0.123 e. The zero-order chi connectivity index (χ0) is 15.1. The maximum absolute atomic E-state index is 9.97. The summed E-state index contributed by atoms with van der Waals surface area (Å²) in [5, 5.41) is 13.3. The van der Waals surface area contributed by atoms with Crippen LogP contribution < -0.4 is 14.8 Å². The number of methoxy groups -OCH3 is 1. The van der Waals surface area contributed by atoms with Crippen molar-refractivity contribution in [2.24, 2.45) is 0 Å². The SMILES string of the molecule is COc1cccc(OCC(O)CNCC2(C)CCCS2)c1. The van der Waals surface area contributed by atoms with Crippen molar-refractivity contribution in [1.82, 2.24) is 5.32 Å². The highest BCUT2D eigenvalue weighted by atomic mass is 32.2. The molecule has 118 valence electrons. The molecule has 1 heterocycles. The Balaban J connectivity index is 1.66. The standard InChI is InChI=1S/C16H25NO3S/c1-16(7-4-8-21-16)12-17-10-13(18)11-20-15-6-3-5-14(9-15)19-2/h3,5-6,9,13,17-18H,4,7-8,10-12H2,1-2H3. The van der Waals surface area contributed by atoms with Crippen LogP contribution in [0.4, 0.5) is 0 Å². The fourth-order valence-electron chi connectivity index (χ4n) is 2.42. The van der Waals surface area contributed by atoms with Crippen LogP contribution in [-0.4, -0.2) is 48.5 Å². The molecule has 0 aliphatic carbocycles. The third-order valence-corrected chi connectivity index (χ3v) is 5.20. The second-order valence-electron chi connectivity index (χ2n) is 5.68. The van der Waals surface area contributed by atoms with Gasteiger partial charge in [-0.15, -0.1) is 0 Å². The molecule has 1 saturated heterocycles. The smallest absolute Gasteiger partial charge is 0.123 e. The van der Waals surface area contributed by atoms with Gasteiger partial charge in [0.25, 0.3) is 0 Å². The Morgan fingerprint density at radius 1 is 1.43 bits per heavy atom. The molecule has 0 aromatic heterocycles. The molecule has 0 spiro atoms. The average molecular weight is 311 g/mol. The van der Waals surface area contributed by atoms with E-state index >= 15 is 0 Å². The van der Waals surface area contributed by atoms with E-state index in [1.807, 2.05) is 36.0 Å². The monoisotopic (exact) mass is 311 g/mol. The van der Waals surface area contributed by atoms with Gasteiger partial charge in [0, 0.05) is 23.9 Å². The molecule has 1 aliphatic heterocycles. The minimum Gasteiger partial charge on any atom is -0.497 e. The summed E-state index contributed by atoms with van der Waals surface area (Å²) < 4.78 is 11.0. The average Bonchev–Trinajstić information content (AvgIpc) is 2.92. The second kappa shape index (κ2) is 7.92. The molecule has 1 aromatic rings. The predicted octanol–water partition coefficient (Wildman–Crippen LogP) is 2.31. The lowest BCUT2D eigenvalue weighted by molar-refractivity contribution is 0.106. The van der Waals surface area contributed by atoms with Gasteiger partial charge in [-0.05, 0) is 37.7 Å². The van der Waals surface area contributed by atoms with Gasteiger partial charge in [-0.25, -0.2) is 0 Å². The lowest BCUT2D eigenvalue weighted by Gasteiger charge is -2.24. The van der Waals surface area contributed by atoms with E-state index in [9.17, 15) is 5.11 Å². The number of ether oxygens (including phenoxy) is 2. The van der Waals surface area contributed by atoms with Crippen LogP contribution in [0.2, 0.25) is 0 Å². The normalized spacial score (nSPS) is 23.0. The van der Waals surface area contributed by atoms with Crippen LogP contribution >= 0.6 is 11.8 Å². The van der Waals surface area contributed by atoms with E-state index < -0.39 is 6.10 Å². The summed E-state index contributed by atoms with van der Waals surface area (Å²) >= 11 is 2.02. The highest BCUT2D eigenvalue weighted by Crippen LogP contribution is 2.36. The van der Waals surface area contributed by atoms with Crippen molar-refractivity contribution < 1.29 is 14.6 Å². The summed E-state index contributed by atoms with van der Waals surface area (Å²) in [6, 6.07) is 7.41. The van der Waals surface area contributed by atoms with Crippen molar-refractivity contribution in [3.8, 4) is 11.5 Å². The number of thioether (sulfide) groups is 1. The van der Waals surface area contributed by atoms with Crippen molar-refractivity contribution >= 4 is 11.8 Å². The van der Waals surface area contributed by atoms with Gasteiger partial charge < -0.3 is 19.9 Å². The molecule has 0 radical (unpaired) electrons. The minimum atomic E-state index is -0.508. The Morgan fingerprint density at radius 2 is 2.24 bits per heavy atom. The highest BCUT2D eigenvalue weighted by molar-refractivity contribution is 8.00. The molecule has 2 N–H and O–H groups in total. The van der Waals surface area contributed by atoms with Gasteiger partial charge in [-0.1, -0.05) is 6.07 Å². The summed E-state index contributed by atoms with van der Waals surface area (Å²) in [4.78, 5) is 0. The summed E-state index contributed by atoms with van der Waals surface area (Å²) in [7, 11) is 1.62. The van der Waals surface area contributed by atoms with Crippen LogP contribution in [0, 0.1) is 0 Å². The van der Waals surface area contributed by atoms with Crippen LogP contribution in [0.25, 0.3) is 0 Å². The van der Waals surface area contributed by atoms with E-state index in [4.69, 9.17) is 9.47 Å². The number of benzene rings is 1. The van der Waals surface area contributed by atoms with Gasteiger partial charge in [-0.3, -0.25) is 0 Å². The Bertz CT molecular complexity index is 435. The highest BCUT2D eigenvalue weighted by Gasteiger charge is 2.28. The van der Waals surface area contributed by atoms with E-state index in [2.05, 4.69) is 12.2 Å². The number of aliphatic hydroxyl groups excluding tert-OH is 1. The Hall–Kier alpha value is -0.910. The first kappa shape index (κ1) is 16.5. The topological polar surface area (TPSA) is 50.7 Å². The molecule has 21 heavy (non-hydrogen) atoms. The number of rotatable bonds is 8. The number of hydrogen-bond donors (Lipinski definition) is 2. The molecule has 4 nitrogen and oxygen atoms in total. The molecular formula is C16H25NO3S. The van der Waals surface area contributed by atoms with Gasteiger partial charge in [-0.2, -0.15) is 11.8 Å². The van der Waals surface area contributed by atoms with E-state index in [1.54, 1.807) is 7.11 Å². The molecule has 0 saturated carbocycles. The largest absolute Gasteiger partial charge is 0.497 e. The first-order chi connectivity index (χ1) is 10.1. The fourth-order valence-corrected chi connectivity index (χ4v) is 3.70. The van der Waals surface area contributed by atoms with Crippen LogP contribution in [0.1, 0.15) is 19.8 Å². The fraction of sp³-hybridized carbons (Fsp3) is 0.625. The van der Waals surface area contributed by atoms with Crippen molar-refractivity contribution in [3.05, 3.63) is 24.3 Å². The first-order valence-corrected chi connectivity index (χ1v) is 8.39. The molecule has 2 unspecified atom stereocenters. The third kappa shape index (κ3) is 5.41. The molecule has 2 atom stereocenters. The van der Waals surface area contributed by atoms with Gasteiger partial charge in [0.1, 0.15) is 24.2 Å². The van der Waals surface area contributed by atoms with E-state index in [-0.39, 0.29) is 6.61 Å². The molecule has 5 heteroatoms. The summed E-state index contributed by atoms with van der Waals surface area (Å²) in [6.07, 6.45) is 2.04. The van der Waals surface area contributed by atoms with Crippen molar-refractivity contribution in [1.29, 1.82) is 0 Å².